The van der Waals surface area contributed by atoms with Crippen LogP contribution in [-0.4, -0.2) is 62.5 Å². The first kappa shape index (κ1) is 22.3. The molecule has 4 atom stereocenters. The molecule has 11 nitrogen and oxygen atoms in total. The average Bonchev–Trinajstić information content (AvgIpc) is 3.39. The molecule has 2 amide bonds. The average molecular weight is 462 g/mol. The highest BCUT2D eigenvalue weighted by Crippen LogP contribution is 2.43. The van der Waals surface area contributed by atoms with Crippen LogP contribution in [0.3, 0.4) is 0 Å². The third-order valence-corrected chi connectivity index (χ3v) is 5.31. The fraction of sp³-hybridized carbons (Fsp3) is 0.400. The van der Waals surface area contributed by atoms with Crippen molar-refractivity contribution in [3.8, 4) is 0 Å². The van der Waals surface area contributed by atoms with Gasteiger partial charge in [0.05, 0.1) is 12.8 Å². The number of benzene rings is 1. The fourth-order valence-corrected chi connectivity index (χ4v) is 3.96. The first-order valence-electron chi connectivity index (χ1n) is 9.87. The van der Waals surface area contributed by atoms with E-state index in [0.717, 1.165) is 0 Å². The van der Waals surface area contributed by atoms with Gasteiger partial charge < -0.3 is 30.4 Å². The molecular formula is C20H23N5O6S. The van der Waals surface area contributed by atoms with Gasteiger partial charge in [-0.05, 0) is 38.2 Å². The van der Waals surface area contributed by atoms with Gasteiger partial charge in [-0.15, -0.1) is 0 Å². The van der Waals surface area contributed by atoms with Crippen LogP contribution in [0.5, 0.6) is 0 Å². The normalized spacial score (nSPS) is 25.8. The van der Waals surface area contributed by atoms with Crippen molar-refractivity contribution in [1.29, 1.82) is 0 Å². The van der Waals surface area contributed by atoms with Gasteiger partial charge in [0.1, 0.15) is 29.7 Å². The van der Waals surface area contributed by atoms with Gasteiger partial charge in [0.15, 0.2) is 17.1 Å². The summed E-state index contributed by atoms with van der Waals surface area (Å²) in [6.07, 6.45) is -1.40. The van der Waals surface area contributed by atoms with Crippen LogP contribution in [0.15, 0.2) is 36.5 Å². The Balaban J connectivity index is 1.59. The van der Waals surface area contributed by atoms with Crippen molar-refractivity contribution in [2.24, 2.45) is 5.73 Å². The first-order chi connectivity index (χ1) is 15.2. The number of ether oxygens (including phenoxy) is 3. The lowest BCUT2D eigenvalue weighted by molar-refractivity contribution is -0.201. The molecule has 4 rings (SSSR count). The number of amides is 2. The third kappa shape index (κ3) is 4.23. The van der Waals surface area contributed by atoms with E-state index in [4.69, 9.17) is 32.2 Å². The van der Waals surface area contributed by atoms with Crippen LogP contribution in [0.25, 0.3) is 0 Å². The SMILES string of the molecule is CC1(C)O[C@@H]2[C@H](O1)[C@@H](CO)O[C@H]2n1ncc(C(N)=O)c1NC(=S)NC(=O)c1ccccc1. The molecule has 0 spiro atoms. The summed E-state index contributed by atoms with van der Waals surface area (Å²) >= 11 is 5.26. The molecule has 0 unspecified atom stereocenters. The smallest absolute Gasteiger partial charge is 0.257 e. The highest BCUT2D eigenvalue weighted by atomic mass is 32.1. The molecule has 0 radical (unpaired) electrons. The van der Waals surface area contributed by atoms with Gasteiger partial charge in [0, 0.05) is 5.56 Å². The number of primary amides is 1. The van der Waals surface area contributed by atoms with Crippen molar-refractivity contribution in [1.82, 2.24) is 15.1 Å². The van der Waals surface area contributed by atoms with Crippen LogP contribution in [0.1, 0.15) is 40.8 Å². The molecule has 2 aliphatic rings. The van der Waals surface area contributed by atoms with Gasteiger partial charge in [-0.3, -0.25) is 14.9 Å². The third-order valence-electron chi connectivity index (χ3n) is 5.10. The van der Waals surface area contributed by atoms with E-state index < -0.39 is 42.1 Å². The lowest BCUT2D eigenvalue weighted by Crippen LogP contribution is -2.36. The Kier molecular flexibility index (Phi) is 5.97. The number of rotatable bonds is 5. The zero-order valence-electron chi connectivity index (χ0n) is 17.3. The monoisotopic (exact) mass is 461 g/mol. The Morgan fingerprint density at radius 1 is 1.25 bits per heavy atom. The van der Waals surface area contributed by atoms with E-state index in [9.17, 15) is 14.7 Å². The second-order valence-electron chi connectivity index (χ2n) is 7.80. The van der Waals surface area contributed by atoms with Gasteiger partial charge in [0.25, 0.3) is 11.8 Å². The quantitative estimate of drug-likeness (QED) is 0.467. The molecule has 0 saturated carbocycles. The molecule has 32 heavy (non-hydrogen) atoms. The second kappa shape index (κ2) is 8.56. The largest absolute Gasteiger partial charge is 0.394 e. The molecule has 2 aliphatic heterocycles. The number of nitrogens with zero attached hydrogens (tertiary/aromatic N) is 2. The molecule has 170 valence electrons. The number of anilines is 1. The molecule has 1 aromatic carbocycles. The lowest BCUT2D eigenvalue weighted by atomic mass is 10.1. The predicted molar refractivity (Wildman–Crippen MR) is 116 cm³/mol. The number of nitrogens with one attached hydrogen (secondary N) is 2. The van der Waals surface area contributed by atoms with E-state index in [1.54, 1.807) is 44.2 Å². The molecule has 0 aliphatic carbocycles. The van der Waals surface area contributed by atoms with Crippen LogP contribution in [0, 0.1) is 0 Å². The number of aromatic nitrogens is 2. The topological polar surface area (TPSA) is 150 Å². The van der Waals surface area contributed by atoms with Gasteiger partial charge in [-0.25, -0.2) is 4.68 Å². The number of aliphatic hydroxyl groups is 1. The van der Waals surface area contributed by atoms with E-state index >= 15 is 0 Å². The summed E-state index contributed by atoms with van der Waals surface area (Å²) in [4.78, 5) is 24.4. The standard InChI is InChI=1S/C20H23N5O6S/c1-20(2)30-13-12(9-26)29-18(14(13)31-20)25-16(11(8-22-25)15(21)27)23-19(32)24-17(28)10-6-4-3-5-7-10/h3-8,12-14,18,26H,9H2,1-2H3,(H2,21,27)(H2,23,24,28,32)/t12-,13-,14-,18-/m1/s1. The van der Waals surface area contributed by atoms with Crippen molar-refractivity contribution in [2.45, 2.75) is 44.2 Å². The molecule has 12 heteroatoms. The minimum atomic E-state index is -0.892. The Hall–Kier alpha value is -2.90. The van der Waals surface area contributed by atoms with E-state index in [0.29, 0.717) is 5.56 Å². The molecule has 1 aromatic heterocycles. The summed E-state index contributed by atoms with van der Waals surface area (Å²) in [5, 5.41) is 19.2. The Morgan fingerprint density at radius 2 is 1.94 bits per heavy atom. The number of hydrogen-bond acceptors (Lipinski definition) is 8. The maximum absolute atomic E-state index is 12.4. The number of aliphatic hydroxyl groups excluding tert-OH is 1. The van der Waals surface area contributed by atoms with Crippen LogP contribution in [0.4, 0.5) is 5.82 Å². The summed E-state index contributed by atoms with van der Waals surface area (Å²) in [6.45, 7) is 3.21. The Bertz CT molecular complexity index is 1040. The fourth-order valence-electron chi connectivity index (χ4n) is 3.77. The highest BCUT2D eigenvalue weighted by Gasteiger charge is 2.56. The predicted octanol–water partition coefficient (Wildman–Crippen LogP) is 0.519. The Morgan fingerprint density at radius 3 is 2.59 bits per heavy atom. The van der Waals surface area contributed by atoms with Gasteiger partial charge in [-0.1, -0.05) is 18.2 Å². The number of fused-ring (bicyclic) bond motifs is 1. The maximum atomic E-state index is 12.4. The first-order valence-corrected chi connectivity index (χ1v) is 10.3. The zero-order chi connectivity index (χ0) is 23.0. The minimum Gasteiger partial charge on any atom is -0.394 e. The minimum absolute atomic E-state index is 0.0343. The molecule has 2 fully saturated rings. The number of nitrogens with two attached hydrogens (primary N) is 1. The van der Waals surface area contributed by atoms with Crippen LogP contribution >= 0.6 is 12.2 Å². The van der Waals surface area contributed by atoms with Crippen LogP contribution < -0.4 is 16.4 Å². The van der Waals surface area contributed by atoms with Crippen LogP contribution in [0.2, 0.25) is 0 Å². The summed E-state index contributed by atoms with van der Waals surface area (Å²) in [7, 11) is 0. The van der Waals surface area contributed by atoms with Crippen molar-refractivity contribution >= 4 is 35.0 Å². The van der Waals surface area contributed by atoms with E-state index in [1.807, 2.05) is 0 Å². The van der Waals surface area contributed by atoms with Gasteiger partial charge in [0.2, 0.25) is 0 Å². The van der Waals surface area contributed by atoms with E-state index in [2.05, 4.69) is 15.7 Å². The van der Waals surface area contributed by atoms with Crippen molar-refractivity contribution in [2.75, 3.05) is 11.9 Å². The maximum Gasteiger partial charge on any atom is 0.257 e. The highest BCUT2D eigenvalue weighted by molar-refractivity contribution is 7.80. The summed E-state index contributed by atoms with van der Waals surface area (Å²) < 4.78 is 19.1. The van der Waals surface area contributed by atoms with E-state index in [1.165, 1.54) is 10.9 Å². The summed E-state index contributed by atoms with van der Waals surface area (Å²) in [5.74, 6) is -1.96. The van der Waals surface area contributed by atoms with Gasteiger partial charge in [-0.2, -0.15) is 5.10 Å². The Labute approximate surface area is 188 Å². The van der Waals surface area contributed by atoms with Crippen LogP contribution in [-0.2, 0) is 14.2 Å². The molecule has 2 aromatic rings. The summed E-state index contributed by atoms with van der Waals surface area (Å²) in [5.41, 5.74) is 5.94. The van der Waals surface area contributed by atoms with Crippen molar-refractivity contribution < 1.29 is 28.9 Å². The molecule has 5 N–H and O–H groups in total. The molecule has 2 saturated heterocycles. The van der Waals surface area contributed by atoms with Crippen molar-refractivity contribution in [3.63, 3.8) is 0 Å². The molecule has 3 heterocycles. The number of thiocarbonyl (C=S) groups is 1. The number of hydrogen-bond donors (Lipinski definition) is 4. The van der Waals surface area contributed by atoms with Gasteiger partial charge >= 0.3 is 0 Å². The lowest BCUT2D eigenvalue weighted by Gasteiger charge is -2.24. The molecule has 0 bridgehead atoms. The zero-order valence-corrected chi connectivity index (χ0v) is 18.2. The molecular weight excluding hydrogens is 438 g/mol. The van der Waals surface area contributed by atoms with Crippen molar-refractivity contribution in [3.05, 3.63) is 47.7 Å². The van der Waals surface area contributed by atoms with E-state index in [-0.39, 0.29) is 23.1 Å². The number of carbonyl (C=O) groups excluding carboxylic acids is 2. The number of carbonyl (C=O) groups is 2. The summed E-state index contributed by atoms with van der Waals surface area (Å²) in [6, 6.07) is 8.51. The second-order valence-corrected chi connectivity index (χ2v) is 8.21.